The fourth-order valence-electron chi connectivity index (χ4n) is 1.53. The summed E-state index contributed by atoms with van der Waals surface area (Å²) in [4.78, 5) is 4.41. The van der Waals surface area contributed by atoms with Gasteiger partial charge < -0.3 is 4.74 Å². The fraction of sp³-hybridized carbons (Fsp3) is 0.417. The molecule has 0 saturated heterocycles. The molecule has 0 aliphatic carbocycles. The quantitative estimate of drug-likeness (QED) is 0.700. The van der Waals surface area contributed by atoms with Crippen molar-refractivity contribution in [3.8, 4) is 0 Å². The normalized spacial score (nSPS) is 16.7. The van der Waals surface area contributed by atoms with Crippen LogP contribution in [0.5, 0.6) is 0 Å². The molecule has 0 aromatic heterocycles. The monoisotopic (exact) mass is 189 g/mol. The highest BCUT2D eigenvalue weighted by molar-refractivity contribution is 5.78. The number of benzene rings is 1. The zero-order chi connectivity index (χ0) is 9.64. The van der Waals surface area contributed by atoms with Crippen LogP contribution >= 0.6 is 0 Å². The van der Waals surface area contributed by atoms with Gasteiger partial charge >= 0.3 is 0 Å². The van der Waals surface area contributed by atoms with Gasteiger partial charge in [-0.2, -0.15) is 0 Å². The van der Waals surface area contributed by atoms with Crippen LogP contribution in [0, 0.1) is 0 Å². The third-order valence-corrected chi connectivity index (χ3v) is 2.31. The SMILES string of the molecule is c1ccc(CC2=NCCCCO2)cc1. The molecule has 0 fully saturated rings. The third-order valence-electron chi connectivity index (χ3n) is 2.31. The molecule has 2 nitrogen and oxygen atoms in total. The van der Waals surface area contributed by atoms with Crippen molar-refractivity contribution >= 4 is 5.90 Å². The van der Waals surface area contributed by atoms with Gasteiger partial charge in [-0.25, -0.2) is 0 Å². The van der Waals surface area contributed by atoms with Crippen LogP contribution in [0.4, 0.5) is 0 Å². The van der Waals surface area contributed by atoms with Crippen molar-refractivity contribution in [2.24, 2.45) is 4.99 Å². The van der Waals surface area contributed by atoms with Gasteiger partial charge in [-0.1, -0.05) is 30.3 Å². The molecular formula is C12H15NO. The lowest BCUT2D eigenvalue weighted by Gasteiger charge is -2.05. The minimum absolute atomic E-state index is 0.825. The third kappa shape index (κ3) is 2.59. The number of hydrogen-bond acceptors (Lipinski definition) is 2. The molecule has 1 aromatic rings. The summed E-state index contributed by atoms with van der Waals surface area (Å²) >= 11 is 0. The largest absolute Gasteiger partial charge is 0.481 e. The lowest BCUT2D eigenvalue weighted by Crippen LogP contribution is -2.07. The summed E-state index contributed by atoms with van der Waals surface area (Å²) in [6.45, 7) is 1.74. The molecule has 0 amide bonds. The Kier molecular flexibility index (Phi) is 3.17. The second kappa shape index (κ2) is 4.80. The van der Waals surface area contributed by atoms with Gasteiger partial charge in [0.1, 0.15) is 0 Å². The molecule has 0 spiro atoms. The van der Waals surface area contributed by atoms with E-state index in [1.165, 1.54) is 5.56 Å². The van der Waals surface area contributed by atoms with Crippen molar-refractivity contribution in [3.63, 3.8) is 0 Å². The summed E-state index contributed by atoms with van der Waals surface area (Å²) in [6, 6.07) is 10.3. The van der Waals surface area contributed by atoms with Crippen molar-refractivity contribution < 1.29 is 4.74 Å². The van der Waals surface area contributed by atoms with E-state index in [0.29, 0.717) is 0 Å². The first-order valence-electron chi connectivity index (χ1n) is 5.15. The number of ether oxygens (including phenoxy) is 1. The van der Waals surface area contributed by atoms with E-state index in [0.717, 1.165) is 38.3 Å². The lowest BCUT2D eigenvalue weighted by molar-refractivity contribution is 0.298. The molecule has 74 valence electrons. The Hall–Kier alpha value is -1.31. The number of hydrogen-bond donors (Lipinski definition) is 0. The summed E-state index contributed by atoms with van der Waals surface area (Å²) in [5.74, 6) is 0.897. The van der Waals surface area contributed by atoms with Crippen molar-refractivity contribution in [2.75, 3.05) is 13.2 Å². The molecule has 2 heteroatoms. The van der Waals surface area contributed by atoms with E-state index >= 15 is 0 Å². The smallest absolute Gasteiger partial charge is 0.187 e. The maximum absolute atomic E-state index is 5.56. The standard InChI is InChI=1S/C12H15NO/c1-2-6-11(7-3-1)10-12-13-8-4-5-9-14-12/h1-3,6-7H,4-5,8-10H2. The molecular weight excluding hydrogens is 174 g/mol. The van der Waals surface area contributed by atoms with E-state index in [2.05, 4.69) is 17.1 Å². The molecule has 1 heterocycles. The summed E-state index contributed by atoms with van der Waals surface area (Å²) in [5.41, 5.74) is 1.27. The Morgan fingerprint density at radius 1 is 1.14 bits per heavy atom. The molecule has 14 heavy (non-hydrogen) atoms. The van der Waals surface area contributed by atoms with Gasteiger partial charge in [0.05, 0.1) is 6.61 Å². The van der Waals surface area contributed by atoms with Gasteiger partial charge in [0.2, 0.25) is 0 Å². The van der Waals surface area contributed by atoms with E-state index < -0.39 is 0 Å². The van der Waals surface area contributed by atoms with Gasteiger partial charge in [0.25, 0.3) is 0 Å². The van der Waals surface area contributed by atoms with Gasteiger partial charge in [0, 0.05) is 13.0 Å². The number of aliphatic imine (C=N–C) groups is 1. The fourth-order valence-corrected chi connectivity index (χ4v) is 1.53. The second-order valence-corrected chi connectivity index (χ2v) is 3.49. The molecule has 1 aromatic carbocycles. The first-order chi connectivity index (χ1) is 6.95. The highest BCUT2D eigenvalue weighted by atomic mass is 16.5. The highest BCUT2D eigenvalue weighted by Gasteiger charge is 2.05. The molecule has 1 aliphatic heterocycles. The lowest BCUT2D eigenvalue weighted by atomic mass is 10.1. The van der Waals surface area contributed by atoms with Crippen LogP contribution < -0.4 is 0 Å². The van der Waals surface area contributed by atoms with Crippen LogP contribution in [0.15, 0.2) is 35.3 Å². The Morgan fingerprint density at radius 3 is 2.86 bits per heavy atom. The van der Waals surface area contributed by atoms with E-state index in [4.69, 9.17) is 4.74 Å². The predicted molar refractivity (Wildman–Crippen MR) is 57.6 cm³/mol. The summed E-state index contributed by atoms with van der Waals surface area (Å²) in [5, 5.41) is 0. The van der Waals surface area contributed by atoms with Gasteiger partial charge in [-0.05, 0) is 18.4 Å². The summed E-state index contributed by atoms with van der Waals surface area (Å²) in [7, 11) is 0. The highest BCUT2D eigenvalue weighted by Crippen LogP contribution is 2.06. The minimum atomic E-state index is 0.825. The van der Waals surface area contributed by atoms with Crippen molar-refractivity contribution in [3.05, 3.63) is 35.9 Å². The molecule has 0 saturated carbocycles. The van der Waals surface area contributed by atoms with Crippen LogP contribution in [-0.4, -0.2) is 19.0 Å². The molecule has 0 atom stereocenters. The Morgan fingerprint density at radius 2 is 2.00 bits per heavy atom. The second-order valence-electron chi connectivity index (χ2n) is 3.49. The molecule has 0 bridgehead atoms. The number of nitrogens with zero attached hydrogens (tertiary/aromatic N) is 1. The van der Waals surface area contributed by atoms with Crippen LogP contribution in [0.2, 0.25) is 0 Å². The zero-order valence-corrected chi connectivity index (χ0v) is 8.28. The van der Waals surface area contributed by atoms with Crippen LogP contribution in [0.3, 0.4) is 0 Å². The van der Waals surface area contributed by atoms with Crippen molar-refractivity contribution in [1.29, 1.82) is 0 Å². The number of rotatable bonds is 2. The van der Waals surface area contributed by atoms with Gasteiger partial charge in [-0.3, -0.25) is 4.99 Å². The summed E-state index contributed by atoms with van der Waals surface area (Å²) in [6.07, 6.45) is 3.11. The Balaban J connectivity index is 1.99. The van der Waals surface area contributed by atoms with Gasteiger partial charge in [-0.15, -0.1) is 0 Å². The predicted octanol–water partition coefficient (Wildman–Crippen LogP) is 2.44. The van der Waals surface area contributed by atoms with Gasteiger partial charge in [0.15, 0.2) is 5.90 Å². The maximum atomic E-state index is 5.56. The van der Waals surface area contributed by atoms with Crippen LogP contribution in [-0.2, 0) is 11.2 Å². The van der Waals surface area contributed by atoms with Crippen LogP contribution in [0.1, 0.15) is 18.4 Å². The molecule has 0 unspecified atom stereocenters. The molecule has 0 N–H and O–H groups in total. The zero-order valence-electron chi connectivity index (χ0n) is 8.28. The average molecular weight is 189 g/mol. The summed E-state index contributed by atoms with van der Waals surface area (Å²) < 4.78 is 5.56. The van der Waals surface area contributed by atoms with Crippen LogP contribution in [0.25, 0.3) is 0 Å². The Labute approximate surface area is 84.6 Å². The molecule has 2 rings (SSSR count). The maximum Gasteiger partial charge on any atom is 0.187 e. The van der Waals surface area contributed by atoms with E-state index in [1.54, 1.807) is 0 Å². The van der Waals surface area contributed by atoms with Crippen molar-refractivity contribution in [2.45, 2.75) is 19.3 Å². The Bertz CT molecular complexity index is 305. The minimum Gasteiger partial charge on any atom is -0.481 e. The first-order valence-corrected chi connectivity index (χ1v) is 5.15. The first kappa shape index (κ1) is 9.25. The van der Waals surface area contributed by atoms with Crippen molar-refractivity contribution in [1.82, 2.24) is 0 Å². The average Bonchev–Trinajstić information content (AvgIpc) is 2.48. The molecule has 1 aliphatic rings. The van der Waals surface area contributed by atoms with E-state index in [-0.39, 0.29) is 0 Å². The molecule has 0 radical (unpaired) electrons. The van der Waals surface area contributed by atoms with E-state index in [9.17, 15) is 0 Å². The topological polar surface area (TPSA) is 21.6 Å². The van der Waals surface area contributed by atoms with E-state index in [1.807, 2.05) is 18.2 Å².